The van der Waals surface area contributed by atoms with E-state index < -0.39 is 29.2 Å². The number of aryl methyl sites for hydroxylation is 1. The monoisotopic (exact) mass is 467 g/mol. The Morgan fingerprint density at radius 2 is 1.97 bits per heavy atom. The molecule has 0 aliphatic carbocycles. The molecule has 0 saturated carbocycles. The fraction of sp³-hybridized carbons (Fsp3) is 0.150. The van der Waals surface area contributed by atoms with Crippen LogP contribution >= 0.6 is 23.1 Å². The van der Waals surface area contributed by atoms with Crippen LogP contribution in [0.2, 0.25) is 0 Å². The molecule has 1 amide bonds. The van der Waals surface area contributed by atoms with Crippen LogP contribution < -0.4 is 5.32 Å². The van der Waals surface area contributed by atoms with Crippen LogP contribution in [-0.2, 0) is 11.9 Å². The molecule has 4 rings (SSSR count). The number of para-hydroxylation sites is 1. The standard InChI is InChI=1S/C20H13F4N3O2S2/c1-10-26-27-19(31-10)30-9-13-12-4-2-3-5-16(12)29-17(13)18(28)25-15-8-11(20(22,23)24)6-7-14(15)21/h2-8H,9H2,1H3,(H,25,28). The molecule has 0 radical (unpaired) electrons. The van der Waals surface area contributed by atoms with Gasteiger partial charge in [0.25, 0.3) is 5.91 Å². The number of furan rings is 1. The van der Waals surface area contributed by atoms with Crippen molar-refractivity contribution in [2.75, 3.05) is 5.32 Å². The molecule has 0 bridgehead atoms. The molecule has 31 heavy (non-hydrogen) atoms. The van der Waals surface area contributed by atoms with Gasteiger partial charge in [-0.05, 0) is 31.2 Å². The zero-order valence-corrected chi connectivity index (χ0v) is 17.4. The number of rotatable bonds is 5. The zero-order valence-electron chi connectivity index (χ0n) is 15.8. The summed E-state index contributed by atoms with van der Waals surface area (Å²) >= 11 is 2.73. The first-order valence-electron chi connectivity index (χ1n) is 8.84. The molecule has 2 heterocycles. The lowest BCUT2D eigenvalue weighted by molar-refractivity contribution is -0.137. The van der Waals surface area contributed by atoms with Gasteiger partial charge in [0.1, 0.15) is 16.4 Å². The molecule has 0 spiro atoms. The second-order valence-electron chi connectivity index (χ2n) is 6.43. The third kappa shape index (κ3) is 4.57. The van der Waals surface area contributed by atoms with Crippen molar-refractivity contribution in [2.24, 2.45) is 0 Å². The van der Waals surface area contributed by atoms with Crippen molar-refractivity contribution in [3.8, 4) is 0 Å². The van der Waals surface area contributed by atoms with Crippen molar-refractivity contribution in [3.63, 3.8) is 0 Å². The Morgan fingerprint density at radius 1 is 1.19 bits per heavy atom. The Kier molecular flexibility index (Phi) is 5.71. The van der Waals surface area contributed by atoms with E-state index in [2.05, 4.69) is 15.5 Å². The predicted molar refractivity (Wildman–Crippen MR) is 110 cm³/mol. The average molecular weight is 467 g/mol. The van der Waals surface area contributed by atoms with Gasteiger partial charge in [0.15, 0.2) is 10.1 Å². The minimum absolute atomic E-state index is 0.105. The van der Waals surface area contributed by atoms with Crippen molar-refractivity contribution < 1.29 is 26.8 Å². The van der Waals surface area contributed by atoms with Crippen LogP contribution in [0, 0.1) is 12.7 Å². The smallest absolute Gasteiger partial charge is 0.416 e. The second-order valence-corrected chi connectivity index (χ2v) is 8.83. The number of amides is 1. The van der Waals surface area contributed by atoms with Gasteiger partial charge < -0.3 is 9.73 Å². The van der Waals surface area contributed by atoms with Gasteiger partial charge in [-0.25, -0.2) is 4.39 Å². The van der Waals surface area contributed by atoms with E-state index in [1.54, 1.807) is 24.3 Å². The fourth-order valence-corrected chi connectivity index (χ4v) is 4.72. The number of carbonyl (C=O) groups is 1. The van der Waals surface area contributed by atoms with Gasteiger partial charge >= 0.3 is 6.18 Å². The minimum atomic E-state index is -4.67. The Labute approximate surface area is 181 Å². The molecule has 0 atom stereocenters. The summed E-state index contributed by atoms with van der Waals surface area (Å²) in [5.74, 6) is -1.64. The van der Waals surface area contributed by atoms with Gasteiger partial charge in [0.2, 0.25) is 0 Å². The maximum absolute atomic E-state index is 14.1. The molecule has 160 valence electrons. The van der Waals surface area contributed by atoms with Gasteiger partial charge in [-0.3, -0.25) is 4.79 Å². The quantitative estimate of drug-likeness (QED) is 0.276. The average Bonchev–Trinajstić information content (AvgIpc) is 3.30. The highest BCUT2D eigenvalue weighted by molar-refractivity contribution is 8.00. The first-order chi connectivity index (χ1) is 14.7. The van der Waals surface area contributed by atoms with E-state index >= 15 is 0 Å². The Bertz CT molecular complexity index is 1270. The zero-order chi connectivity index (χ0) is 22.2. The van der Waals surface area contributed by atoms with Crippen LogP contribution in [0.3, 0.4) is 0 Å². The molecule has 4 aromatic rings. The number of halogens is 4. The summed E-state index contributed by atoms with van der Waals surface area (Å²) < 4.78 is 59.3. The third-order valence-electron chi connectivity index (χ3n) is 4.29. The van der Waals surface area contributed by atoms with E-state index in [1.807, 2.05) is 6.92 Å². The maximum Gasteiger partial charge on any atom is 0.416 e. The van der Waals surface area contributed by atoms with Gasteiger partial charge in [0, 0.05) is 16.7 Å². The van der Waals surface area contributed by atoms with E-state index in [0.29, 0.717) is 44.8 Å². The molecule has 0 aliphatic rings. The van der Waals surface area contributed by atoms with Crippen molar-refractivity contribution in [2.45, 2.75) is 23.2 Å². The lowest BCUT2D eigenvalue weighted by Gasteiger charge is -2.11. The van der Waals surface area contributed by atoms with Crippen LogP contribution in [0.1, 0.15) is 26.7 Å². The fourth-order valence-electron chi connectivity index (χ4n) is 2.87. The Balaban J connectivity index is 1.66. The van der Waals surface area contributed by atoms with Crippen LogP contribution in [-0.4, -0.2) is 16.1 Å². The van der Waals surface area contributed by atoms with E-state index in [1.165, 1.54) is 23.1 Å². The molecule has 5 nitrogen and oxygen atoms in total. The predicted octanol–water partition coefficient (Wildman–Crippen LogP) is 6.30. The molecule has 2 aromatic carbocycles. The van der Waals surface area contributed by atoms with Gasteiger partial charge in [-0.1, -0.05) is 41.3 Å². The topological polar surface area (TPSA) is 68.0 Å². The molecule has 1 N–H and O–H groups in total. The van der Waals surface area contributed by atoms with Gasteiger partial charge in [0.05, 0.1) is 11.3 Å². The molecule has 0 fully saturated rings. The second kappa shape index (κ2) is 8.31. The van der Waals surface area contributed by atoms with E-state index in [-0.39, 0.29) is 5.76 Å². The number of benzene rings is 2. The number of carbonyl (C=O) groups excluding carboxylic acids is 1. The molecule has 0 aliphatic heterocycles. The molecule has 2 aromatic heterocycles. The lowest BCUT2D eigenvalue weighted by Crippen LogP contribution is -2.15. The van der Waals surface area contributed by atoms with Crippen LogP contribution in [0.15, 0.2) is 51.2 Å². The number of nitrogens with zero attached hydrogens (tertiary/aromatic N) is 2. The van der Waals surface area contributed by atoms with Crippen molar-refractivity contribution in [3.05, 3.63) is 70.2 Å². The van der Waals surface area contributed by atoms with Crippen molar-refractivity contribution in [1.82, 2.24) is 10.2 Å². The molecular weight excluding hydrogens is 454 g/mol. The summed E-state index contributed by atoms with van der Waals surface area (Å²) in [6, 6.07) is 8.75. The Hall–Kier alpha value is -2.92. The van der Waals surface area contributed by atoms with Gasteiger partial charge in [-0.2, -0.15) is 13.2 Å². The van der Waals surface area contributed by atoms with E-state index in [0.717, 1.165) is 5.01 Å². The number of fused-ring (bicyclic) bond motifs is 1. The number of aromatic nitrogens is 2. The van der Waals surface area contributed by atoms with Gasteiger partial charge in [-0.15, -0.1) is 10.2 Å². The molecule has 0 saturated heterocycles. The lowest BCUT2D eigenvalue weighted by atomic mass is 10.1. The number of hydrogen-bond acceptors (Lipinski definition) is 6. The summed E-state index contributed by atoms with van der Waals surface area (Å²) in [4.78, 5) is 12.8. The maximum atomic E-state index is 14.1. The van der Waals surface area contributed by atoms with Crippen LogP contribution in [0.5, 0.6) is 0 Å². The molecular formula is C20H13F4N3O2S2. The first kappa shape index (κ1) is 21.3. The number of anilines is 1. The highest BCUT2D eigenvalue weighted by atomic mass is 32.2. The summed E-state index contributed by atoms with van der Waals surface area (Å²) in [6.45, 7) is 1.82. The normalized spacial score (nSPS) is 11.8. The highest BCUT2D eigenvalue weighted by Gasteiger charge is 2.31. The Morgan fingerprint density at radius 3 is 2.68 bits per heavy atom. The number of hydrogen-bond donors (Lipinski definition) is 1. The highest BCUT2D eigenvalue weighted by Crippen LogP contribution is 2.35. The summed E-state index contributed by atoms with van der Waals surface area (Å²) in [6.07, 6.45) is -4.67. The van der Waals surface area contributed by atoms with Crippen LogP contribution in [0.25, 0.3) is 11.0 Å². The van der Waals surface area contributed by atoms with E-state index in [4.69, 9.17) is 4.42 Å². The number of thioether (sulfide) groups is 1. The first-order valence-corrected chi connectivity index (χ1v) is 10.6. The van der Waals surface area contributed by atoms with Crippen LogP contribution in [0.4, 0.5) is 23.2 Å². The molecule has 0 unspecified atom stereocenters. The van der Waals surface area contributed by atoms with Crippen molar-refractivity contribution in [1.29, 1.82) is 0 Å². The third-order valence-corrected chi connectivity index (χ3v) is 6.29. The summed E-state index contributed by atoms with van der Waals surface area (Å²) in [7, 11) is 0. The van der Waals surface area contributed by atoms with E-state index in [9.17, 15) is 22.4 Å². The largest absolute Gasteiger partial charge is 0.451 e. The number of nitrogens with one attached hydrogen (secondary N) is 1. The number of alkyl halides is 3. The molecule has 11 heteroatoms. The summed E-state index contributed by atoms with van der Waals surface area (Å²) in [5, 5.41) is 11.6. The summed E-state index contributed by atoms with van der Waals surface area (Å²) in [5.41, 5.74) is -0.700. The van der Waals surface area contributed by atoms with Crippen molar-refractivity contribution >= 4 is 45.7 Å². The SMILES string of the molecule is Cc1nnc(SCc2c(C(=O)Nc3cc(C(F)(F)F)ccc3F)oc3ccccc23)s1. The minimum Gasteiger partial charge on any atom is -0.451 e.